The molecule has 6 heteroatoms. The third-order valence-corrected chi connectivity index (χ3v) is 14.0. The first-order valence-corrected chi connectivity index (χ1v) is 21.0. The van der Waals surface area contributed by atoms with Gasteiger partial charge in [0.1, 0.15) is 23.5 Å². The van der Waals surface area contributed by atoms with Crippen molar-refractivity contribution in [1.82, 2.24) is 5.32 Å². The molecule has 12 rings (SSSR count). The van der Waals surface area contributed by atoms with Gasteiger partial charge in [-0.05, 0) is 64.2 Å². The van der Waals surface area contributed by atoms with Crippen LogP contribution in [0.1, 0.15) is 22.6 Å². The highest BCUT2D eigenvalue weighted by Crippen LogP contribution is 2.49. The van der Waals surface area contributed by atoms with Gasteiger partial charge in [0.05, 0.1) is 5.92 Å². The Bertz CT molecular complexity index is 3200. The third kappa shape index (κ3) is 5.32. The quantitative estimate of drug-likeness (QED) is 0.190. The van der Waals surface area contributed by atoms with E-state index in [9.17, 15) is 0 Å². The number of amidine groups is 2. The number of ether oxygens (including phenoxy) is 1. The van der Waals surface area contributed by atoms with Gasteiger partial charge in [0.15, 0.2) is 6.17 Å². The summed E-state index contributed by atoms with van der Waals surface area (Å²) >= 11 is 3.68. The Kier molecular flexibility index (Phi) is 7.43. The van der Waals surface area contributed by atoms with Gasteiger partial charge in [-0.25, -0.2) is 9.98 Å². The van der Waals surface area contributed by atoms with Gasteiger partial charge < -0.3 is 10.1 Å². The van der Waals surface area contributed by atoms with Crippen LogP contribution in [0.4, 0.5) is 0 Å². The maximum absolute atomic E-state index is 6.69. The lowest BCUT2D eigenvalue weighted by Crippen LogP contribution is -2.39. The summed E-state index contributed by atoms with van der Waals surface area (Å²) < 4.78 is 11.8. The summed E-state index contributed by atoms with van der Waals surface area (Å²) in [6, 6.07) is 56.5. The van der Waals surface area contributed by atoms with E-state index in [0.29, 0.717) is 0 Å². The topological polar surface area (TPSA) is 46.0 Å². The zero-order chi connectivity index (χ0) is 37.5. The van der Waals surface area contributed by atoms with E-state index >= 15 is 0 Å². The molecule has 2 aromatic heterocycles. The van der Waals surface area contributed by atoms with Crippen LogP contribution in [0.3, 0.4) is 0 Å². The molecular weight excluding hydrogens is 735 g/mol. The van der Waals surface area contributed by atoms with Gasteiger partial charge in [-0.15, -0.1) is 22.7 Å². The van der Waals surface area contributed by atoms with Crippen LogP contribution in [0.15, 0.2) is 192 Å². The normalized spacial score (nSPS) is 18.5. The molecule has 0 saturated heterocycles. The van der Waals surface area contributed by atoms with Crippen molar-refractivity contribution in [3.8, 4) is 28.0 Å². The first-order valence-electron chi connectivity index (χ1n) is 19.3. The monoisotopic (exact) mass is 767 g/mol. The van der Waals surface area contributed by atoms with Crippen molar-refractivity contribution in [3.63, 3.8) is 0 Å². The number of hydrogen-bond donors (Lipinski definition) is 1. The predicted octanol–water partition coefficient (Wildman–Crippen LogP) is 12.9. The molecule has 0 spiro atoms. The standard InChI is InChI=1S/C51H33N3OS2/c1-2-11-30(12-3-1)31-23-25-32(26-24-31)49-52-50(54-51(53-49)40-19-9-17-38-36-14-5-7-22-45(36)57-48(38)40)39-18-10-20-43-46(39)41-29-33(27-28-42(41)55-43)34-15-8-16-37-35-13-4-6-21-44(35)56-47(34)37/h1-29,43,46,50H,(H,52,53,54). The van der Waals surface area contributed by atoms with Gasteiger partial charge in [0, 0.05) is 57.0 Å². The Morgan fingerprint density at radius 1 is 0.509 bits per heavy atom. The summed E-state index contributed by atoms with van der Waals surface area (Å²) in [5, 5.41) is 8.83. The van der Waals surface area contributed by atoms with Crippen molar-refractivity contribution in [2.45, 2.75) is 18.2 Å². The van der Waals surface area contributed by atoms with Crippen LogP contribution in [0.2, 0.25) is 0 Å². The van der Waals surface area contributed by atoms with Gasteiger partial charge in [-0.3, -0.25) is 0 Å². The maximum atomic E-state index is 6.69. The molecule has 0 fully saturated rings. The summed E-state index contributed by atoms with van der Waals surface area (Å²) in [7, 11) is 0. The first-order chi connectivity index (χ1) is 28.2. The number of thiophene rings is 2. The molecule has 3 atom stereocenters. The molecule has 4 nitrogen and oxygen atoms in total. The second-order valence-electron chi connectivity index (χ2n) is 14.8. The molecule has 4 heterocycles. The highest BCUT2D eigenvalue weighted by molar-refractivity contribution is 7.26. The summed E-state index contributed by atoms with van der Waals surface area (Å²) in [6.07, 6.45) is 5.91. The summed E-state index contributed by atoms with van der Waals surface area (Å²) in [5.74, 6) is 2.51. The molecule has 0 saturated carbocycles. The van der Waals surface area contributed by atoms with Crippen LogP contribution in [0.25, 0.3) is 62.6 Å². The minimum atomic E-state index is -0.462. The van der Waals surface area contributed by atoms with E-state index in [1.165, 1.54) is 68.2 Å². The van der Waals surface area contributed by atoms with E-state index in [1.54, 1.807) is 0 Å². The average molecular weight is 768 g/mol. The van der Waals surface area contributed by atoms with Crippen molar-refractivity contribution in [2.75, 3.05) is 0 Å². The van der Waals surface area contributed by atoms with Gasteiger partial charge in [-0.2, -0.15) is 0 Å². The molecule has 0 radical (unpaired) electrons. The minimum Gasteiger partial charge on any atom is -0.485 e. The highest BCUT2D eigenvalue weighted by Gasteiger charge is 2.40. The van der Waals surface area contributed by atoms with Crippen molar-refractivity contribution in [2.24, 2.45) is 9.98 Å². The zero-order valence-corrected chi connectivity index (χ0v) is 32.2. The molecule has 3 aliphatic rings. The van der Waals surface area contributed by atoms with Gasteiger partial charge in [0.25, 0.3) is 0 Å². The Morgan fingerprint density at radius 3 is 1.86 bits per heavy atom. The number of fused-ring (bicyclic) bond motifs is 9. The molecule has 270 valence electrons. The number of rotatable bonds is 5. The SMILES string of the molecule is C1=CC2Oc3ccc(-c4cccc5c4sc4ccccc45)cc3C2C(C2N=C(c3ccc(-c4ccccc4)cc3)NC(c3cccc4c3sc3ccccc34)=N2)=C1. The largest absolute Gasteiger partial charge is 0.485 e. The zero-order valence-electron chi connectivity index (χ0n) is 30.6. The number of nitrogens with zero attached hydrogens (tertiary/aromatic N) is 2. The predicted molar refractivity (Wildman–Crippen MR) is 240 cm³/mol. The van der Waals surface area contributed by atoms with E-state index in [-0.39, 0.29) is 12.0 Å². The highest BCUT2D eigenvalue weighted by atomic mass is 32.1. The lowest BCUT2D eigenvalue weighted by Gasteiger charge is -2.29. The lowest BCUT2D eigenvalue weighted by atomic mass is 9.82. The number of hydrogen-bond acceptors (Lipinski definition) is 6. The second-order valence-corrected chi connectivity index (χ2v) is 16.9. The Hall–Kier alpha value is -6.60. The molecule has 9 aromatic rings. The van der Waals surface area contributed by atoms with E-state index in [0.717, 1.165) is 34.1 Å². The van der Waals surface area contributed by atoms with Crippen LogP contribution >= 0.6 is 22.7 Å². The smallest absolute Gasteiger partial charge is 0.166 e. The Balaban J connectivity index is 0.985. The Morgan fingerprint density at radius 2 is 1.11 bits per heavy atom. The molecule has 3 unspecified atom stereocenters. The number of allylic oxidation sites excluding steroid dienone is 2. The summed E-state index contributed by atoms with van der Waals surface area (Å²) in [6.45, 7) is 0. The molecule has 7 aromatic carbocycles. The number of aliphatic imine (C=N–C) groups is 2. The molecule has 0 amide bonds. The number of benzene rings is 7. The van der Waals surface area contributed by atoms with Crippen molar-refractivity contribution in [1.29, 1.82) is 0 Å². The maximum Gasteiger partial charge on any atom is 0.166 e. The van der Waals surface area contributed by atoms with Gasteiger partial charge in [-0.1, -0.05) is 140 Å². The molecular formula is C51H33N3OS2. The van der Waals surface area contributed by atoms with Crippen LogP contribution in [-0.2, 0) is 0 Å². The van der Waals surface area contributed by atoms with Crippen molar-refractivity contribution >= 4 is 74.7 Å². The van der Waals surface area contributed by atoms with Crippen LogP contribution in [0.5, 0.6) is 5.75 Å². The molecule has 2 aliphatic heterocycles. The Labute approximate surface area is 337 Å². The fraction of sp³-hybridized carbons (Fsp3) is 0.0588. The minimum absolute atomic E-state index is 0.0368. The van der Waals surface area contributed by atoms with Crippen molar-refractivity contribution in [3.05, 3.63) is 198 Å². The lowest BCUT2D eigenvalue weighted by molar-refractivity contribution is 0.262. The molecule has 0 bridgehead atoms. The molecule has 1 aliphatic carbocycles. The fourth-order valence-electron chi connectivity index (χ4n) is 8.85. The fourth-order valence-corrected chi connectivity index (χ4v) is 11.3. The second kappa shape index (κ2) is 13.0. The number of nitrogens with one attached hydrogen (secondary N) is 1. The van der Waals surface area contributed by atoms with E-state index in [4.69, 9.17) is 14.7 Å². The third-order valence-electron chi connectivity index (χ3n) is 11.6. The first kappa shape index (κ1) is 32.6. The summed E-state index contributed by atoms with van der Waals surface area (Å²) in [4.78, 5) is 10.9. The molecule has 57 heavy (non-hydrogen) atoms. The van der Waals surface area contributed by atoms with E-state index in [2.05, 4.69) is 181 Å². The summed E-state index contributed by atoms with van der Waals surface area (Å²) in [5.41, 5.74) is 9.19. The van der Waals surface area contributed by atoms with E-state index < -0.39 is 6.17 Å². The van der Waals surface area contributed by atoms with Crippen LogP contribution < -0.4 is 10.1 Å². The molecule has 1 N–H and O–H groups in total. The van der Waals surface area contributed by atoms with Crippen molar-refractivity contribution < 1.29 is 4.74 Å². The van der Waals surface area contributed by atoms with Crippen LogP contribution in [0, 0.1) is 0 Å². The van der Waals surface area contributed by atoms with Gasteiger partial charge in [0.2, 0.25) is 0 Å². The van der Waals surface area contributed by atoms with E-state index in [1.807, 2.05) is 22.7 Å². The van der Waals surface area contributed by atoms with Crippen LogP contribution in [-0.4, -0.2) is 23.9 Å². The average Bonchev–Trinajstić information content (AvgIpc) is 3.98. The van der Waals surface area contributed by atoms with Gasteiger partial charge >= 0.3 is 0 Å².